The van der Waals surface area contributed by atoms with Gasteiger partial charge >= 0.3 is 0 Å². The van der Waals surface area contributed by atoms with E-state index >= 15 is 0 Å². The summed E-state index contributed by atoms with van der Waals surface area (Å²) in [5, 5.41) is 0. The maximum absolute atomic E-state index is 6.25. The molecule has 1 heterocycles. The summed E-state index contributed by atoms with van der Waals surface area (Å²) in [5.41, 5.74) is 7.47. The minimum absolute atomic E-state index is 0.247. The molecule has 15 heavy (non-hydrogen) atoms. The van der Waals surface area contributed by atoms with Gasteiger partial charge in [0.15, 0.2) is 0 Å². The third kappa shape index (κ3) is 3.05. The summed E-state index contributed by atoms with van der Waals surface area (Å²) < 4.78 is 5.81. The Morgan fingerprint density at radius 2 is 1.93 bits per heavy atom. The molecule has 0 radical (unpaired) electrons. The van der Waals surface area contributed by atoms with Gasteiger partial charge < -0.3 is 10.5 Å². The Hall–Kier alpha value is -0.340. The van der Waals surface area contributed by atoms with Gasteiger partial charge in [0.1, 0.15) is 0 Å². The average molecular weight is 211 g/mol. The molecule has 0 bridgehead atoms. The number of hydrogen-bond acceptors (Lipinski definition) is 2. The van der Waals surface area contributed by atoms with E-state index in [0.717, 1.165) is 12.8 Å². The number of nitrogens with two attached hydrogens (primary N) is 1. The molecular weight excluding hydrogens is 186 g/mol. The van der Waals surface area contributed by atoms with Crippen LogP contribution >= 0.6 is 0 Å². The van der Waals surface area contributed by atoms with E-state index in [4.69, 9.17) is 10.5 Å². The molecule has 5 atom stereocenters. The molecule has 2 heteroatoms. The van der Waals surface area contributed by atoms with Crippen molar-refractivity contribution in [3.05, 3.63) is 12.2 Å². The Labute approximate surface area is 93.9 Å². The summed E-state index contributed by atoms with van der Waals surface area (Å²) in [4.78, 5) is 0. The van der Waals surface area contributed by atoms with Gasteiger partial charge in [-0.3, -0.25) is 0 Å². The lowest BCUT2D eigenvalue weighted by Crippen LogP contribution is -2.37. The highest BCUT2D eigenvalue weighted by Crippen LogP contribution is 2.35. The molecule has 1 rings (SSSR count). The fourth-order valence-corrected chi connectivity index (χ4v) is 2.64. The Balaban J connectivity index is 2.51. The van der Waals surface area contributed by atoms with Crippen LogP contribution in [0, 0.1) is 11.8 Å². The third-order valence-electron chi connectivity index (χ3n) is 3.72. The largest absolute Gasteiger partial charge is 0.375 e. The molecule has 88 valence electrons. The molecule has 1 aliphatic rings. The lowest BCUT2D eigenvalue weighted by molar-refractivity contribution is 0.0487. The van der Waals surface area contributed by atoms with Gasteiger partial charge in [0.25, 0.3) is 0 Å². The number of allylic oxidation sites excluding steroid dienone is 1. The van der Waals surface area contributed by atoms with Crippen molar-refractivity contribution in [1.29, 1.82) is 0 Å². The summed E-state index contributed by atoms with van der Waals surface area (Å²) >= 11 is 0. The molecule has 1 saturated heterocycles. The van der Waals surface area contributed by atoms with Crippen molar-refractivity contribution in [2.75, 3.05) is 0 Å². The lowest BCUT2D eigenvalue weighted by atomic mass is 9.82. The molecule has 0 aromatic rings. The highest BCUT2D eigenvalue weighted by molar-refractivity contribution is 4.94. The minimum Gasteiger partial charge on any atom is -0.375 e. The maximum atomic E-state index is 6.25. The quantitative estimate of drug-likeness (QED) is 0.726. The van der Waals surface area contributed by atoms with Crippen LogP contribution in [0.1, 0.15) is 40.5 Å². The zero-order valence-electron chi connectivity index (χ0n) is 10.5. The van der Waals surface area contributed by atoms with Gasteiger partial charge in [0.05, 0.1) is 12.2 Å². The van der Waals surface area contributed by atoms with Crippen LogP contribution in [0.2, 0.25) is 0 Å². The molecular formula is C13H25NO. The molecule has 5 unspecified atom stereocenters. The third-order valence-corrected chi connectivity index (χ3v) is 3.72. The van der Waals surface area contributed by atoms with Crippen LogP contribution in [0.15, 0.2) is 12.2 Å². The van der Waals surface area contributed by atoms with Gasteiger partial charge in [-0.25, -0.2) is 0 Å². The fraction of sp³-hybridized carbons (Fsp3) is 0.846. The predicted molar refractivity (Wildman–Crippen MR) is 64.7 cm³/mol. The molecule has 0 saturated carbocycles. The first-order valence-electron chi connectivity index (χ1n) is 5.99. The molecule has 2 N–H and O–H groups in total. The fourth-order valence-electron chi connectivity index (χ4n) is 2.64. The van der Waals surface area contributed by atoms with Gasteiger partial charge in [-0.2, -0.15) is 0 Å². The van der Waals surface area contributed by atoms with E-state index in [1.54, 1.807) is 0 Å². The van der Waals surface area contributed by atoms with Crippen molar-refractivity contribution in [3.63, 3.8) is 0 Å². The molecule has 0 amide bonds. The van der Waals surface area contributed by atoms with Crippen molar-refractivity contribution in [3.8, 4) is 0 Å². The molecule has 0 spiro atoms. The first kappa shape index (κ1) is 12.7. The monoisotopic (exact) mass is 211 g/mol. The van der Waals surface area contributed by atoms with Gasteiger partial charge in [-0.05, 0) is 39.5 Å². The zero-order valence-corrected chi connectivity index (χ0v) is 10.5. The number of rotatable bonds is 4. The number of hydrogen-bond donors (Lipinski definition) is 1. The molecule has 2 nitrogen and oxygen atoms in total. The van der Waals surface area contributed by atoms with E-state index in [-0.39, 0.29) is 6.04 Å². The number of ether oxygens (including phenoxy) is 1. The van der Waals surface area contributed by atoms with Gasteiger partial charge in [-0.15, -0.1) is 6.58 Å². The molecule has 0 aromatic carbocycles. The summed E-state index contributed by atoms with van der Waals surface area (Å²) in [6.45, 7) is 12.5. The predicted octanol–water partition coefficient (Wildman–Crippen LogP) is 2.73. The minimum atomic E-state index is 0.247. The highest BCUT2D eigenvalue weighted by atomic mass is 16.5. The Kier molecular flexibility index (Phi) is 4.35. The van der Waals surface area contributed by atoms with Gasteiger partial charge in [0, 0.05) is 12.0 Å². The Morgan fingerprint density at radius 3 is 2.33 bits per heavy atom. The first-order valence-corrected chi connectivity index (χ1v) is 5.99. The topological polar surface area (TPSA) is 35.2 Å². The first-order chi connectivity index (χ1) is 6.93. The van der Waals surface area contributed by atoms with Crippen molar-refractivity contribution in [2.45, 2.75) is 58.8 Å². The Bertz CT molecular complexity index is 227. The van der Waals surface area contributed by atoms with Crippen LogP contribution in [-0.2, 0) is 4.74 Å². The van der Waals surface area contributed by atoms with E-state index in [1.807, 2.05) is 0 Å². The van der Waals surface area contributed by atoms with Gasteiger partial charge in [0.2, 0.25) is 0 Å². The summed E-state index contributed by atoms with van der Waals surface area (Å²) in [6.07, 6.45) is 2.71. The summed E-state index contributed by atoms with van der Waals surface area (Å²) in [5.74, 6) is 1.07. The zero-order chi connectivity index (χ0) is 11.6. The van der Waals surface area contributed by atoms with Crippen LogP contribution in [0.3, 0.4) is 0 Å². The standard InChI is InChI=1S/C13H25NO/c1-8(2)6-7-12(14)13-9(3)10(4)15-11(13)5/h9-13H,1,6-7,14H2,2-5H3. The van der Waals surface area contributed by atoms with Crippen LogP contribution in [0.25, 0.3) is 0 Å². The molecule has 0 aliphatic carbocycles. The van der Waals surface area contributed by atoms with Crippen LogP contribution in [0.5, 0.6) is 0 Å². The second kappa shape index (κ2) is 5.13. The van der Waals surface area contributed by atoms with Crippen molar-refractivity contribution in [1.82, 2.24) is 0 Å². The second-order valence-electron chi connectivity index (χ2n) is 5.14. The lowest BCUT2D eigenvalue weighted by Gasteiger charge is -2.25. The average Bonchev–Trinajstić information content (AvgIpc) is 2.37. The van der Waals surface area contributed by atoms with E-state index in [2.05, 4.69) is 34.3 Å². The van der Waals surface area contributed by atoms with E-state index in [9.17, 15) is 0 Å². The van der Waals surface area contributed by atoms with Crippen molar-refractivity contribution < 1.29 is 4.74 Å². The van der Waals surface area contributed by atoms with Crippen molar-refractivity contribution in [2.24, 2.45) is 17.6 Å². The summed E-state index contributed by atoms with van der Waals surface area (Å²) in [6, 6.07) is 0.247. The highest BCUT2D eigenvalue weighted by Gasteiger charge is 2.39. The normalized spacial score (nSPS) is 37.9. The van der Waals surface area contributed by atoms with E-state index in [1.165, 1.54) is 5.57 Å². The van der Waals surface area contributed by atoms with E-state index in [0.29, 0.717) is 24.0 Å². The second-order valence-corrected chi connectivity index (χ2v) is 5.14. The molecule has 1 fully saturated rings. The van der Waals surface area contributed by atoms with Crippen LogP contribution < -0.4 is 5.73 Å². The van der Waals surface area contributed by atoms with Crippen LogP contribution in [-0.4, -0.2) is 18.2 Å². The summed E-state index contributed by atoms with van der Waals surface area (Å²) in [7, 11) is 0. The van der Waals surface area contributed by atoms with Crippen molar-refractivity contribution >= 4 is 0 Å². The van der Waals surface area contributed by atoms with E-state index < -0.39 is 0 Å². The smallest absolute Gasteiger partial charge is 0.0597 e. The molecule has 1 aliphatic heterocycles. The maximum Gasteiger partial charge on any atom is 0.0597 e. The SMILES string of the molecule is C=C(C)CCC(N)C1C(C)OC(C)C1C. The van der Waals surface area contributed by atoms with Gasteiger partial charge in [-0.1, -0.05) is 12.5 Å². The molecule has 0 aromatic heterocycles. The Morgan fingerprint density at radius 1 is 1.33 bits per heavy atom. The van der Waals surface area contributed by atoms with Crippen LogP contribution in [0.4, 0.5) is 0 Å².